The van der Waals surface area contributed by atoms with Crippen molar-refractivity contribution in [1.82, 2.24) is 5.06 Å². The predicted molar refractivity (Wildman–Crippen MR) is 156 cm³/mol. The Morgan fingerprint density at radius 3 is 2.22 bits per heavy atom. The van der Waals surface area contributed by atoms with Crippen LogP contribution in [0.1, 0.15) is 70.9 Å². The Kier molecular flexibility index (Phi) is 9.50. The number of halogens is 3. The van der Waals surface area contributed by atoms with E-state index in [0.29, 0.717) is 34.6 Å². The third-order valence-electron chi connectivity index (χ3n) is 7.65. The van der Waals surface area contributed by atoms with E-state index in [1.807, 2.05) is 13.0 Å². The van der Waals surface area contributed by atoms with Gasteiger partial charge in [-0.3, -0.25) is 4.84 Å². The van der Waals surface area contributed by atoms with Gasteiger partial charge in [0.1, 0.15) is 24.0 Å². The maximum atomic E-state index is 15.6. The van der Waals surface area contributed by atoms with Crippen LogP contribution in [0, 0.1) is 17.5 Å². The molecule has 0 N–H and O–H groups in total. The zero-order valence-electron chi connectivity index (χ0n) is 24.8. The van der Waals surface area contributed by atoms with E-state index in [1.54, 1.807) is 30.3 Å². The highest BCUT2D eigenvalue weighted by Crippen LogP contribution is 2.46. The Morgan fingerprint density at radius 1 is 0.878 bits per heavy atom. The summed E-state index contributed by atoms with van der Waals surface area (Å²) in [6.45, 7) is 11.1. The quantitative estimate of drug-likeness (QED) is 0.181. The summed E-state index contributed by atoms with van der Waals surface area (Å²) in [5.41, 5.74) is 1.32. The minimum Gasteiger partial charge on any atom is -0.497 e. The smallest absolute Gasteiger partial charge is 0.168 e. The van der Waals surface area contributed by atoms with Gasteiger partial charge in [0.2, 0.25) is 0 Å². The van der Waals surface area contributed by atoms with Crippen molar-refractivity contribution >= 4 is 0 Å². The van der Waals surface area contributed by atoms with Gasteiger partial charge >= 0.3 is 0 Å². The highest BCUT2D eigenvalue weighted by Gasteiger charge is 2.47. The average Bonchev–Trinajstić information content (AvgIpc) is 2.90. The third-order valence-corrected chi connectivity index (χ3v) is 7.65. The molecule has 3 aromatic carbocycles. The largest absolute Gasteiger partial charge is 0.497 e. The van der Waals surface area contributed by atoms with Crippen LogP contribution in [0.25, 0.3) is 11.1 Å². The number of benzene rings is 3. The molecule has 4 nitrogen and oxygen atoms in total. The molecule has 0 radical (unpaired) electrons. The molecule has 0 spiro atoms. The van der Waals surface area contributed by atoms with Crippen LogP contribution in [0.15, 0.2) is 66.7 Å². The molecule has 0 bridgehead atoms. The second-order valence-corrected chi connectivity index (χ2v) is 11.9. The lowest BCUT2D eigenvalue weighted by Gasteiger charge is -2.54. The number of hydrogen-bond acceptors (Lipinski definition) is 4. The summed E-state index contributed by atoms with van der Waals surface area (Å²) in [5, 5.41) is 2.08. The van der Waals surface area contributed by atoms with Crippen LogP contribution in [-0.2, 0) is 11.4 Å². The molecule has 41 heavy (non-hydrogen) atoms. The second-order valence-electron chi connectivity index (χ2n) is 11.9. The zero-order chi connectivity index (χ0) is 29.8. The Bertz CT molecular complexity index is 1370. The van der Waals surface area contributed by atoms with Gasteiger partial charge in [0.05, 0.1) is 13.7 Å². The van der Waals surface area contributed by atoms with Gasteiger partial charge in [-0.1, -0.05) is 36.4 Å². The fraction of sp³-hybridized carbons (Fsp3) is 0.412. The maximum absolute atomic E-state index is 15.6. The number of allylic oxidation sites excluding steroid dienone is 1. The van der Waals surface area contributed by atoms with E-state index in [0.717, 1.165) is 19.3 Å². The molecule has 3 aromatic rings. The summed E-state index contributed by atoms with van der Waals surface area (Å²) in [7, 11) is 1.45. The molecule has 0 unspecified atom stereocenters. The number of hydrogen-bond donors (Lipinski definition) is 0. The number of nitrogens with zero attached hydrogens (tertiary/aromatic N) is 1. The van der Waals surface area contributed by atoms with Crippen molar-refractivity contribution in [1.29, 1.82) is 0 Å². The SMILES string of the molecule is C/C=C\CCON1C(C)(C)CC(c2ccc(-c3ccc(COc4ccc(OC)cc4F)cc3F)cc2F)CC1(C)C. The predicted octanol–water partition coefficient (Wildman–Crippen LogP) is 8.99. The van der Waals surface area contributed by atoms with Gasteiger partial charge in [0.15, 0.2) is 11.6 Å². The zero-order valence-corrected chi connectivity index (χ0v) is 24.8. The molecule has 0 saturated carbocycles. The van der Waals surface area contributed by atoms with Gasteiger partial charge in [-0.05, 0) is 101 Å². The highest BCUT2D eigenvalue weighted by molar-refractivity contribution is 5.65. The maximum Gasteiger partial charge on any atom is 0.168 e. The van der Waals surface area contributed by atoms with Gasteiger partial charge in [-0.15, -0.1) is 0 Å². The van der Waals surface area contributed by atoms with E-state index >= 15 is 8.78 Å². The first-order valence-electron chi connectivity index (χ1n) is 14.0. The number of hydroxylamine groups is 2. The van der Waals surface area contributed by atoms with Gasteiger partial charge < -0.3 is 9.47 Å². The molecule has 1 heterocycles. The monoisotopic (exact) mass is 567 g/mol. The molecule has 220 valence electrons. The van der Waals surface area contributed by atoms with Crippen molar-refractivity contribution in [3.05, 3.63) is 95.3 Å². The lowest BCUT2D eigenvalue weighted by atomic mass is 9.72. The Morgan fingerprint density at radius 2 is 1.61 bits per heavy atom. The summed E-state index contributed by atoms with van der Waals surface area (Å²) in [4.78, 5) is 6.20. The number of piperidine rings is 1. The van der Waals surface area contributed by atoms with E-state index < -0.39 is 11.6 Å². The van der Waals surface area contributed by atoms with Crippen molar-refractivity contribution in [3.63, 3.8) is 0 Å². The van der Waals surface area contributed by atoms with Crippen LogP contribution in [0.4, 0.5) is 13.2 Å². The van der Waals surface area contributed by atoms with Crippen molar-refractivity contribution < 1.29 is 27.5 Å². The molecular formula is C34H40F3NO3. The van der Waals surface area contributed by atoms with Gasteiger partial charge in [-0.25, -0.2) is 13.2 Å². The fourth-order valence-corrected chi connectivity index (χ4v) is 6.01. The molecule has 1 fully saturated rings. The summed E-state index contributed by atoms with van der Waals surface area (Å²) >= 11 is 0. The molecular weight excluding hydrogens is 527 g/mol. The van der Waals surface area contributed by atoms with E-state index in [1.165, 1.54) is 31.4 Å². The first-order valence-corrected chi connectivity index (χ1v) is 14.0. The van der Waals surface area contributed by atoms with Crippen molar-refractivity contribution in [3.8, 4) is 22.6 Å². The van der Waals surface area contributed by atoms with Crippen LogP contribution in [0.5, 0.6) is 11.5 Å². The molecule has 0 atom stereocenters. The van der Waals surface area contributed by atoms with Crippen LogP contribution >= 0.6 is 0 Å². The topological polar surface area (TPSA) is 30.9 Å². The number of methoxy groups -OCH3 is 1. The highest BCUT2D eigenvalue weighted by atomic mass is 19.1. The molecule has 1 saturated heterocycles. The van der Waals surface area contributed by atoms with E-state index in [2.05, 4.69) is 38.8 Å². The van der Waals surface area contributed by atoms with Crippen molar-refractivity contribution in [2.24, 2.45) is 0 Å². The number of rotatable bonds is 10. The molecule has 1 aliphatic heterocycles. The lowest BCUT2D eigenvalue weighted by Crippen LogP contribution is -2.60. The molecule has 7 heteroatoms. The lowest BCUT2D eigenvalue weighted by molar-refractivity contribution is -0.282. The fourth-order valence-electron chi connectivity index (χ4n) is 6.01. The van der Waals surface area contributed by atoms with Gasteiger partial charge in [0.25, 0.3) is 0 Å². The van der Waals surface area contributed by atoms with Crippen molar-refractivity contribution in [2.45, 2.75) is 77.5 Å². The summed E-state index contributed by atoms with van der Waals surface area (Å²) in [6.07, 6.45) is 6.39. The first kappa shape index (κ1) is 30.7. The number of ether oxygens (including phenoxy) is 2. The van der Waals surface area contributed by atoms with Gasteiger partial charge in [0, 0.05) is 22.7 Å². The van der Waals surface area contributed by atoms with Crippen molar-refractivity contribution in [2.75, 3.05) is 13.7 Å². The molecule has 0 aromatic heterocycles. The molecule has 1 aliphatic rings. The van der Waals surface area contributed by atoms with Crippen LogP contribution in [0.3, 0.4) is 0 Å². The van der Waals surface area contributed by atoms with E-state index in [4.69, 9.17) is 14.3 Å². The molecule has 0 amide bonds. The minimum atomic E-state index is -0.564. The molecule has 0 aliphatic carbocycles. The second kappa shape index (κ2) is 12.7. The Labute approximate surface area is 241 Å². The average molecular weight is 568 g/mol. The van der Waals surface area contributed by atoms with Crippen LogP contribution < -0.4 is 9.47 Å². The van der Waals surface area contributed by atoms with Crippen LogP contribution in [0.2, 0.25) is 0 Å². The molecule has 4 rings (SSSR count). The van der Waals surface area contributed by atoms with Gasteiger partial charge in [-0.2, -0.15) is 5.06 Å². The normalized spacial score (nSPS) is 17.2. The minimum absolute atomic E-state index is 0.00726. The third kappa shape index (κ3) is 7.14. The first-order chi connectivity index (χ1) is 19.4. The summed E-state index contributed by atoms with van der Waals surface area (Å²) < 4.78 is 55.4. The van der Waals surface area contributed by atoms with Crippen LogP contribution in [-0.4, -0.2) is 29.9 Å². The standard InChI is InChI=1S/C34H40F3NO3/c1-7-8-9-16-41-38-33(2,3)20-25(21-34(38,4)5)28-14-11-24(18-30(28)36)27-13-10-23(17-29(27)35)22-40-32-15-12-26(39-6)19-31(32)37/h7-8,10-15,17-19,25H,9,16,20-22H2,1-6H3/b8-7-. The Hall–Kier alpha value is -3.29. The summed E-state index contributed by atoms with van der Waals surface area (Å²) in [5.74, 6) is -0.989. The Balaban J connectivity index is 1.47. The van der Waals surface area contributed by atoms with E-state index in [9.17, 15) is 4.39 Å². The summed E-state index contributed by atoms with van der Waals surface area (Å²) in [6, 6.07) is 13.9. The van der Waals surface area contributed by atoms with E-state index in [-0.39, 0.29) is 35.2 Å².